The fraction of sp³-hybridized carbons (Fsp3) is 0.250. The second kappa shape index (κ2) is 10.7. The van der Waals surface area contributed by atoms with Crippen LogP contribution in [0, 0.1) is 6.92 Å². The SMILES string of the molecule is CCOc1ccc(NC(=O)c2ccc(NC(=O)CN(C)Cc3sccc3C)cc2)cc1. The van der Waals surface area contributed by atoms with Crippen LogP contribution in [-0.2, 0) is 11.3 Å². The first-order valence-corrected chi connectivity index (χ1v) is 11.0. The van der Waals surface area contributed by atoms with Crippen molar-refractivity contribution in [3.8, 4) is 5.75 Å². The zero-order valence-corrected chi connectivity index (χ0v) is 18.8. The monoisotopic (exact) mass is 437 g/mol. The second-order valence-corrected chi connectivity index (χ2v) is 8.24. The average molecular weight is 438 g/mol. The summed E-state index contributed by atoms with van der Waals surface area (Å²) in [5, 5.41) is 7.79. The van der Waals surface area contributed by atoms with E-state index in [1.807, 2.05) is 31.0 Å². The molecular formula is C24H27N3O3S. The van der Waals surface area contributed by atoms with E-state index in [2.05, 4.69) is 29.0 Å². The summed E-state index contributed by atoms with van der Waals surface area (Å²) in [5.74, 6) is 0.452. The van der Waals surface area contributed by atoms with Gasteiger partial charge < -0.3 is 15.4 Å². The lowest BCUT2D eigenvalue weighted by Gasteiger charge is -2.16. The lowest BCUT2D eigenvalue weighted by atomic mass is 10.2. The molecule has 31 heavy (non-hydrogen) atoms. The molecule has 0 aliphatic heterocycles. The van der Waals surface area contributed by atoms with Crippen molar-refractivity contribution in [2.24, 2.45) is 0 Å². The van der Waals surface area contributed by atoms with E-state index in [-0.39, 0.29) is 18.4 Å². The topological polar surface area (TPSA) is 70.7 Å². The first-order valence-electron chi connectivity index (χ1n) is 10.1. The molecule has 0 saturated carbocycles. The van der Waals surface area contributed by atoms with Gasteiger partial charge >= 0.3 is 0 Å². The van der Waals surface area contributed by atoms with Gasteiger partial charge in [-0.05, 0) is 86.4 Å². The zero-order chi connectivity index (χ0) is 22.2. The third-order valence-corrected chi connectivity index (χ3v) is 5.66. The molecule has 7 heteroatoms. The van der Waals surface area contributed by atoms with Gasteiger partial charge in [0.25, 0.3) is 5.91 Å². The van der Waals surface area contributed by atoms with Gasteiger partial charge in [-0.25, -0.2) is 0 Å². The zero-order valence-electron chi connectivity index (χ0n) is 18.0. The molecule has 0 saturated heterocycles. The number of nitrogens with one attached hydrogen (secondary N) is 2. The molecule has 2 N–H and O–H groups in total. The maximum absolute atomic E-state index is 12.4. The Morgan fingerprint density at radius 3 is 2.23 bits per heavy atom. The highest BCUT2D eigenvalue weighted by Gasteiger charge is 2.11. The van der Waals surface area contributed by atoms with Crippen LogP contribution in [0.4, 0.5) is 11.4 Å². The molecule has 1 aromatic heterocycles. The second-order valence-electron chi connectivity index (χ2n) is 7.24. The molecule has 0 fully saturated rings. The van der Waals surface area contributed by atoms with Crippen LogP contribution in [0.5, 0.6) is 5.75 Å². The Labute approximate surface area is 186 Å². The van der Waals surface area contributed by atoms with Crippen molar-refractivity contribution in [3.05, 3.63) is 76.0 Å². The van der Waals surface area contributed by atoms with E-state index in [9.17, 15) is 9.59 Å². The van der Waals surface area contributed by atoms with Gasteiger partial charge in [0.1, 0.15) is 5.75 Å². The number of amides is 2. The smallest absolute Gasteiger partial charge is 0.255 e. The van der Waals surface area contributed by atoms with Gasteiger partial charge in [0.2, 0.25) is 5.91 Å². The lowest BCUT2D eigenvalue weighted by Crippen LogP contribution is -2.29. The number of carbonyl (C=O) groups excluding carboxylic acids is 2. The number of benzene rings is 2. The number of hydrogen-bond acceptors (Lipinski definition) is 5. The van der Waals surface area contributed by atoms with Crippen LogP contribution < -0.4 is 15.4 Å². The fourth-order valence-electron chi connectivity index (χ4n) is 3.02. The Morgan fingerprint density at radius 2 is 1.61 bits per heavy atom. The summed E-state index contributed by atoms with van der Waals surface area (Å²) < 4.78 is 5.40. The predicted octanol–water partition coefficient (Wildman–Crippen LogP) is 4.78. The molecule has 162 valence electrons. The number of hydrogen-bond donors (Lipinski definition) is 2. The van der Waals surface area contributed by atoms with Gasteiger partial charge in [-0.3, -0.25) is 14.5 Å². The molecule has 0 spiro atoms. The Hall–Kier alpha value is -3.16. The normalized spacial score (nSPS) is 10.7. The number of likely N-dealkylation sites (N-methyl/N-ethyl adjacent to an activating group) is 1. The highest BCUT2D eigenvalue weighted by molar-refractivity contribution is 7.10. The number of carbonyl (C=O) groups is 2. The molecule has 1 heterocycles. The molecule has 6 nitrogen and oxygen atoms in total. The molecule has 0 unspecified atom stereocenters. The molecule has 2 aromatic carbocycles. The quantitative estimate of drug-likeness (QED) is 0.506. The molecule has 3 aromatic rings. The molecule has 0 aliphatic carbocycles. The highest BCUT2D eigenvalue weighted by atomic mass is 32.1. The Balaban J connectivity index is 1.50. The van der Waals surface area contributed by atoms with Crippen LogP contribution in [0.1, 0.15) is 27.7 Å². The summed E-state index contributed by atoms with van der Waals surface area (Å²) in [6.07, 6.45) is 0. The van der Waals surface area contributed by atoms with Crippen molar-refractivity contribution in [3.63, 3.8) is 0 Å². The van der Waals surface area contributed by atoms with Gasteiger partial charge in [-0.2, -0.15) is 0 Å². The van der Waals surface area contributed by atoms with Crippen molar-refractivity contribution >= 4 is 34.5 Å². The maximum atomic E-state index is 12.4. The lowest BCUT2D eigenvalue weighted by molar-refractivity contribution is -0.117. The first kappa shape index (κ1) is 22.5. The summed E-state index contributed by atoms with van der Waals surface area (Å²) in [6, 6.07) is 16.2. The summed E-state index contributed by atoms with van der Waals surface area (Å²) in [4.78, 5) is 28.0. The minimum atomic E-state index is -0.215. The van der Waals surface area contributed by atoms with Crippen molar-refractivity contribution in [1.29, 1.82) is 0 Å². The van der Waals surface area contributed by atoms with Crippen molar-refractivity contribution < 1.29 is 14.3 Å². The van der Waals surface area contributed by atoms with Crippen LogP contribution in [0.15, 0.2) is 60.0 Å². The van der Waals surface area contributed by atoms with Gasteiger partial charge in [-0.15, -0.1) is 11.3 Å². The Kier molecular flexibility index (Phi) is 7.81. The molecule has 2 amide bonds. The van der Waals surface area contributed by atoms with Crippen LogP contribution in [0.25, 0.3) is 0 Å². The minimum Gasteiger partial charge on any atom is -0.494 e. The summed E-state index contributed by atoms with van der Waals surface area (Å²) >= 11 is 1.70. The largest absolute Gasteiger partial charge is 0.494 e. The van der Waals surface area contributed by atoms with Gasteiger partial charge in [0.05, 0.1) is 13.2 Å². The van der Waals surface area contributed by atoms with Gasteiger partial charge in [0, 0.05) is 28.4 Å². The number of nitrogens with zero attached hydrogens (tertiary/aromatic N) is 1. The molecule has 3 rings (SSSR count). The third kappa shape index (κ3) is 6.67. The van der Waals surface area contributed by atoms with Crippen LogP contribution in [0.2, 0.25) is 0 Å². The highest BCUT2D eigenvalue weighted by Crippen LogP contribution is 2.18. The van der Waals surface area contributed by atoms with E-state index < -0.39 is 0 Å². The summed E-state index contributed by atoms with van der Waals surface area (Å²) in [7, 11) is 1.92. The summed E-state index contributed by atoms with van der Waals surface area (Å²) in [5.41, 5.74) is 3.10. The Morgan fingerprint density at radius 1 is 0.968 bits per heavy atom. The molecule has 0 bridgehead atoms. The van der Waals surface area contributed by atoms with E-state index in [4.69, 9.17) is 4.74 Å². The Bertz CT molecular complexity index is 1010. The van der Waals surface area contributed by atoms with Crippen LogP contribution >= 0.6 is 11.3 Å². The van der Waals surface area contributed by atoms with Crippen LogP contribution in [-0.4, -0.2) is 36.9 Å². The van der Waals surface area contributed by atoms with Gasteiger partial charge in [0.15, 0.2) is 0 Å². The summed E-state index contributed by atoms with van der Waals surface area (Å²) in [6.45, 7) is 5.62. The number of ether oxygens (including phenoxy) is 1. The van der Waals surface area contributed by atoms with Crippen LogP contribution in [0.3, 0.4) is 0 Å². The first-order chi connectivity index (χ1) is 14.9. The minimum absolute atomic E-state index is 0.0942. The third-order valence-electron chi connectivity index (χ3n) is 4.65. The van der Waals surface area contributed by atoms with Gasteiger partial charge in [-0.1, -0.05) is 0 Å². The predicted molar refractivity (Wildman–Crippen MR) is 126 cm³/mol. The van der Waals surface area contributed by atoms with E-state index in [1.54, 1.807) is 47.7 Å². The number of anilines is 2. The maximum Gasteiger partial charge on any atom is 0.255 e. The number of aryl methyl sites for hydroxylation is 1. The fourth-order valence-corrected chi connectivity index (χ4v) is 4.01. The van der Waals surface area contributed by atoms with Crippen molar-refractivity contribution in [2.45, 2.75) is 20.4 Å². The standard InChI is InChI=1S/C24H27N3O3S/c1-4-30-21-11-9-20(10-12-21)26-24(29)18-5-7-19(8-6-18)25-23(28)16-27(3)15-22-17(2)13-14-31-22/h5-14H,4,15-16H2,1-3H3,(H,25,28)(H,26,29). The van der Waals surface area contributed by atoms with Crippen molar-refractivity contribution in [1.82, 2.24) is 4.90 Å². The van der Waals surface area contributed by atoms with E-state index in [0.717, 1.165) is 12.3 Å². The van der Waals surface area contributed by atoms with E-state index >= 15 is 0 Å². The molecule has 0 atom stereocenters. The molecular weight excluding hydrogens is 410 g/mol. The van der Waals surface area contributed by atoms with Crippen molar-refractivity contribution in [2.75, 3.05) is 30.8 Å². The average Bonchev–Trinajstić information content (AvgIpc) is 3.14. The number of thiophene rings is 1. The molecule has 0 aliphatic rings. The van der Waals surface area contributed by atoms with E-state index in [1.165, 1.54) is 10.4 Å². The van der Waals surface area contributed by atoms with E-state index in [0.29, 0.717) is 23.5 Å². The molecule has 0 radical (unpaired) electrons. The number of rotatable bonds is 9.